The zero-order chi connectivity index (χ0) is 13.1. The Hall–Kier alpha value is -1.56. The minimum atomic E-state index is -0.153. The van der Waals surface area contributed by atoms with E-state index < -0.39 is 0 Å². The average molecular weight is 329 g/mol. The van der Waals surface area contributed by atoms with Crippen LogP contribution in [-0.2, 0) is 13.0 Å². The number of para-hydroxylation sites is 1. The first-order chi connectivity index (χ1) is 9.33. The number of imidazole rings is 1. The maximum absolute atomic E-state index is 12.1. The molecule has 0 aliphatic carbocycles. The van der Waals surface area contributed by atoms with E-state index in [4.69, 9.17) is 0 Å². The Morgan fingerprint density at radius 3 is 2.71 bits per heavy atom. The summed E-state index contributed by atoms with van der Waals surface area (Å²) in [6.07, 6.45) is 2.69. The third kappa shape index (κ3) is 4.20. The van der Waals surface area contributed by atoms with Crippen LogP contribution >= 0.6 is 24.8 Å². The summed E-state index contributed by atoms with van der Waals surface area (Å²) in [4.78, 5) is 16.5. The van der Waals surface area contributed by atoms with E-state index in [9.17, 15) is 4.79 Å². The van der Waals surface area contributed by atoms with E-state index in [1.54, 1.807) is 0 Å². The van der Waals surface area contributed by atoms with Gasteiger partial charge in [0.1, 0.15) is 11.5 Å². The van der Waals surface area contributed by atoms with Crippen LogP contribution in [0.5, 0.6) is 0 Å². The SMILES string of the molecule is Cl.Cl.O=C(Nc1ccccc1)c1cn2c(n1)CCNCC2. The summed E-state index contributed by atoms with van der Waals surface area (Å²) >= 11 is 0. The van der Waals surface area contributed by atoms with Crippen molar-refractivity contribution < 1.29 is 4.79 Å². The fourth-order valence-electron chi connectivity index (χ4n) is 2.20. The molecule has 2 heterocycles. The van der Waals surface area contributed by atoms with E-state index in [0.29, 0.717) is 5.69 Å². The van der Waals surface area contributed by atoms with Gasteiger partial charge in [-0.3, -0.25) is 4.79 Å². The molecule has 0 fully saturated rings. The van der Waals surface area contributed by atoms with Crippen molar-refractivity contribution in [3.63, 3.8) is 0 Å². The molecule has 2 N–H and O–H groups in total. The van der Waals surface area contributed by atoms with E-state index in [0.717, 1.165) is 37.6 Å². The van der Waals surface area contributed by atoms with Gasteiger partial charge in [-0.15, -0.1) is 24.8 Å². The zero-order valence-electron chi connectivity index (χ0n) is 11.4. The number of benzene rings is 1. The number of anilines is 1. The molecule has 21 heavy (non-hydrogen) atoms. The van der Waals surface area contributed by atoms with Gasteiger partial charge in [0.2, 0.25) is 0 Å². The van der Waals surface area contributed by atoms with Crippen molar-refractivity contribution in [3.05, 3.63) is 48.0 Å². The average Bonchev–Trinajstić information content (AvgIpc) is 2.72. The van der Waals surface area contributed by atoms with Crippen molar-refractivity contribution in [2.45, 2.75) is 13.0 Å². The summed E-state index contributed by atoms with van der Waals surface area (Å²) in [5.41, 5.74) is 1.28. The monoisotopic (exact) mass is 328 g/mol. The smallest absolute Gasteiger partial charge is 0.275 e. The van der Waals surface area contributed by atoms with Crippen LogP contribution in [0.25, 0.3) is 0 Å². The van der Waals surface area contributed by atoms with E-state index in [2.05, 4.69) is 20.2 Å². The molecule has 1 amide bonds. The number of hydrogen-bond acceptors (Lipinski definition) is 3. The first-order valence-electron chi connectivity index (χ1n) is 6.46. The van der Waals surface area contributed by atoms with E-state index >= 15 is 0 Å². The molecule has 114 valence electrons. The minimum Gasteiger partial charge on any atom is -0.333 e. The van der Waals surface area contributed by atoms with Crippen molar-refractivity contribution in [1.82, 2.24) is 14.9 Å². The minimum absolute atomic E-state index is 0. The van der Waals surface area contributed by atoms with Gasteiger partial charge in [0.05, 0.1) is 0 Å². The van der Waals surface area contributed by atoms with Gasteiger partial charge in [0, 0.05) is 37.9 Å². The van der Waals surface area contributed by atoms with Gasteiger partial charge in [-0.25, -0.2) is 4.98 Å². The summed E-state index contributed by atoms with van der Waals surface area (Å²) in [7, 11) is 0. The number of nitrogens with zero attached hydrogens (tertiary/aromatic N) is 2. The maximum atomic E-state index is 12.1. The number of aromatic nitrogens is 2. The molecule has 0 radical (unpaired) electrons. The fraction of sp³-hybridized carbons (Fsp3) is 0.286. The lowest BCUT2D eigenvalue weighted by Gasteiger charge is -2.02. The highest BCUT2D eigenvalue weighted by Crippen LogP contribution is 2.10. The lowest BCUT2D eigenvalue weighted by atomic mass is 10.3. The molecule has 7 heteroatoms. The van der Waals surface area contributed by atoms with E-state index in [-0.39, 0.29) is 30.7 Å². The molecule has 0 atom stereocenters. The number of hydrogen-bond donors (Lipinski definition) is 2. The molecule has 5 nitrogen and oxygen atoms in total. The number of rotatable bonds is 2. The molecule has 0 saturated heterocycles. The molecular weight excluding hydrogens is 311 g/mol. The Labute approximate surface area is 136 Å². The first-order valence-corrected chi connectivity index (χ1v) is 6.46. The van der Waals surface area contributed by atoms with Gasteiger partial charge >= 0.3 is 0 Å². The van der Waals surface area contributed by atoms with Gasteiger partial charge in [0.15, 0.2) is 0 Å². The molecule has 1 aliphatic heterocycles. The topological polar surface area (TPSA) is 59.0 Å². The molecule has 0 spiro atoms. The molecule has 0 unspecified atom stereocenters. The van der Waals surface area contributed by atoms with Crippen LogP contribution in [0.15, 0.2) is 36.5 Å². The van der Waals surface area contributed by atoms with E-state index in [1.807, 2.05) is 36.5 Å². The van der Waals surface area contributed by atoms with Crippen LogP contribution in [0.1, 0.15) is 16.3 Å². The third-order valence-corrected chi connectivity index (χ3v) is 3.18. The Bertz CT molecular complexity index is 562. The quantitative estimate of drug-likeness (QED) is 0.887. The second kappa shape index (κ2) is 8.02. The molecule has 2 aromatic rings. The molecule has 1 aromatic carbocycles. The largest absolute Gasteiger partial charge is 0.333 e. The Kier molecular flexibility index (Phi) is 6.68. The highest BCUT2D eigenvalue weighted by atomic mass is 35.5. The lowest BCUT2D eigenvalue weighted by molar-refractivity contribution is 0.102. The summed E-state index contributed by atoms with van der Waals surface area (Å²) in [5.74, 6) is 0.822. The third-order valence-electron chi connectivity index (χ3n) is 3.18. The fourth-order valence-corrected chi connectivity index (χ4v) is 2.20. The standard InChI is InChI=1S/C14H16N4O.2ClH/c19-14(16-11-4-2-1-3-5-11)12-10-18-9-8-15-7-6-13(18)17-12;;/h1-5,10,15H,6-9H2,(H,16,19);2*1H. The molecule has 1 aromatic heterocycles. The van der Waals surface area contributed by atoms with Gasteiger partial charge in [-0.2, -0.15) is 0 Å². The first kappa shape index (κ1) is 17.5. The Morgan fingerprint density at radius 2 is 1.95 bits per heavy atom. The van der Waals surface area contributed by atoms with Crippen molar-refractivity contribution in [2.24, 2.45) is 0 Å². The normalized spacial score (nSPS) is 13.1. The Balaban J connectivity index is 0.00000110. The van der Waals surface area contributed by atoms with Crippen molar-refractivity contribution >= 4 is 36.4 Å². The molecular formula is C14H18Cl2N4O. The van der Waals surface area contributed by atoms with Gasteiger partial charge in [-0.1, -0.05) is 18.2 Å². The predicted molar refractivity (Wildman–Crippen MR) is 87.7 cm³/mol. The number of carbonyl (C=O) groups is 1. The second-order valence-electron chi connectivity index (χ2n) is 4.56. The molecule has 1 aliphatic rings. The maximum Gasteiger partial charge on any atom is 0.275 e. The lowest BCUT2D eigenvalue weighted by Crippen LogP contribution is -2.18. The molecule has 3 rings (SSSR count). The zero-order valence-corrected chi connectivity index (χ0v) is 13.0. The molecule has 0 bridgehead atoms. The van der Waals surface area contributed by atoms with Crippen LogP contribution in [-0.4, -0.2) is 28.5 Å². The van der Waals surface area contributed by atoms with Gasteiger partial charge in [0.25, 0.3) is 5.91 Å². The van der Waals surface area contributed by atoms with Crippen LogP contribution in [0.2, 0.25) is 0 Å². The summed E-state index contributed by atoms with van der Waals surface area (Å²) < 4.78 is 2.06. The van der Waals surface area contributed by atoms with Crippen molar-refractivity contribution in [1.29, 1.82) is 0 Å². The highest BCUT2D eigenvalue weighted by molar-refractivity contribution is 6.02. The van der Waals surface area contributed by atoms with Gasteiger partial charge < -0.3 is 15.2 Å². The number of fused-ring (bicyclic) bond motifs is 1. The second-order valence-corrected chi connectivity index (χ2v) is 4.56. The predicted octanol–water partition coefficient (Wildman–Crippen LogP) is 2.12. The summed E-state index contributed by atoms with van der Waals surface area (Å²) in [5, 5.41) is 6.16. The van der Waals surface area contributed by atoms with E-state index in [1.165, 1.54) is 0 Å². The van der Waals surface area contributed by atoms with Crippen LogP contribution in [0.3, 0.4) is 0 Å². The highest BCUT2D eigenvalue weighted by Gasteiger charge is 2.15. The Morgan fingerprint density at radius 1 is 1.19 bits per heavy atom. The summed E-state index contributed by atoms with van der Waals surface area (Å²) in [6.45, 7) is 2.70. The number of nitrogens with one attached hydrogen (secondary N) is 2. The number of halogens is 2. The van der Waals surface area contributed by atoms with Crippen molar-refractivity contribution in [2.75, 3.05) is 18.4 Å². The van der Waals surface area contributed by atoms with Crippen LogP contribution in [0, 0.1) is 0 Å². The van der Waals surface area contributed by atoms with Crippen LogP contribution < -0.4 is 10.6 Å². The molecule has 0 saturated carbocycles. The number of carbonyl (C=O) groups excluding carboxylic acids is 1. The van der Waals surface area contributed by atoms with Crippen molar-refractivity contribution in [3.8, 4) is 0 Å². The van der Waals surface area contributed by atoms with Gasteiger partial charge in [-0.05, 0) is 12.1 Å². The van der Waals surface area contributed by atoms with Crippen LogP contribution in [0.4, 0.5) is 5.69 Å². The number of amides is 1. The summed E-state index contributed by atoms with van der Waals surface area (Å²) in [6, 6.07) is 9.43.